The van der Waals surface area contributed by atoms with E-state index in [0.29, 0.717) is 16.8 Å². The predicted octanol–water partition coefficient (Wildman–Crippen LogP) is 4.20. The molecule has 0 bridgehead atoms. The van der Waals surface area contributed by atoms with Gasteiger partial charge in [0.25, 0.3) is 0 Å². The maximum atomic E-state index is 12.3. The molecule has 0 atom stereocenters. The molecule has 0 aliphatic carbocycles. The first-order chi connectivity index (χ1) is 10.5. The Morgan fingerprint density at radius 1 is 1.36 bits per heavy atom. The third-order valence-electron chi connectivity index (χ3n) is 3.43. The highest BCUT2D eigenvalue weighted by molar-refractivity contribution is 8.15. The molecule has 1 aromatic carbocycles. The first kappa shape index (κ1) is 16.5. The number of amidine groups is 1. The Morgan fingerprint density at radius 2 is 2.09 bits per heavy atom. The predicted molar refractivity (Wildman–Crippen MR) is 95.8 cm³/mol. The van der Waals surface area contributed by atoms with E-state index in [1.54, 1.807) is 11.1 Å². The second kappa shape index (κ2) is 7.40. The van der Waals surface area contributed by atoms with E-state index in [0.717, 1.165) is 16.8 Å². The third-order valence-corrected chi connectivity index (χ3v) is 4.34. The fourth-order valence-electron chi connectivity index (χ4n) is 2.10. The topological polar surface area (TPSA) is 45.0 Å². The van der Waals surface area contributed by atoms with Crippen molar-refractivity contribution in [3.63, 3.8) is 0 Å². The van der Waals surface area contributed by atoms with Crippen LogP contribution >= 0.6 is 11.8 Å². The summed E-state index contributed by atoms with van der Waals surface area (Å²) in [7, 11) is 0. The zero-order chi connectivity index (χ0) is 16.1. The summed E-state index contributed by atoms with van der Waals surface area (Å²) < 4.78 is 0. The lowest BCUT2D eigenvalue weighted by atomic mass is 10.0. The normalized spacial score (nSPS) is 18.2. The average Bonchev–Trinajstić information content (AvgIpc) is 2.87. The second-order valence-corrected chi connectivity index (χ2v) is 6.33. The number of allylic oxidation sites excluding steroid dienone is 2. The molecule has 1 amide bonds. The van der Waals surface area contributed by atoms with Crippen LogP contribution in [0.1, 0.15) is 39.2 Å². The van der Waals surface area contributed by atoms with Crippen molar-refractivity contribution in [3.8, 4) is 0 Å². The zero-order valence-electron chi connectivity index (χ0n) is 13.4. The minimum absolute atomic E-state index is 0.0507. The lowest BCUT2D eigenvalue weighted by Crippen LogP contribution is -2.30. The van der Waals surface area contributed by atoms with Crippen LogP contribution in [0, 0.1) is 0 Å². The van der Waals surface area contributed by atoms with Gasteiger partial charge in [0.2, 0.25) is 5.91 Å². The van der Waals surface area contributed by atoms with Crippen molar-refractivity contribution in [2.45, 2.75) is 33.6 Å². The summed E-state index contributed by atoms with van der Waals surface area (Å²) in [5.74, 6) is 0.794. The summed E-state index contributed by atoms with van der Waals surface area (Å²) >= 11 is 1.43. The standard InChI is InChI=1S/C17H21N3OS/c1-5-13(4)10-18-19-17-20(16(21)11-22-17)15-9-7-6-8-14(15)12(2)3/h5-10,12H,11H2,1-4H3/b13-5-,18-10+,19-17-. The van der Waals surface area contributed by atoms with Crippen molar-refractivity contribution in [1.29, 1.82) is 0 Å². The Morgan fingerprint density at radius 3 is 2.77 bits per heavy atom. The molecular weight excluding hydrogens is 294 g/mol. The molecule has 2 rings (SSSR count). The number of hydrogen-bond donors (Lipinski definition) is 0. The van der Waals surface area contributed by atoms with Crippen LogP contribution in [0.3, 0.4) is 0 Å². The van der Waals surface area contributed by atoms with Gasteiger partial charge in [-0.2, -0.15) is 5.10 Å². The molecule has 1 fully saturated rings. The van der Waals surface area contributed by atoms with Gasteiger partial charge in [0.1, 0.15) is 0 Å². The van der Waals surface area contributed by atoms with Crippen LogP contribution in [0.4, 0.5) is 5.69 Å². The molecule has 1 aromatic rings. The summed E-state index contributed by atoms with van der Waals surface area (Å²) in [5.41, 5.74) is 3.08. The summed E-state index contributed by atoms with van der Waals surface area (Å²) in [6.45, 7) is 8.16. The van der Waals surface area contributed by atoms with Gasteiger partial charge >= 0.3 is 0 Å². The first-order valence-corrected chi connectivity index (χ1v) is 8.31. The van der Waals surface area contributed by atoms with Crippen molar-refractivity contribution in [1.82, 2.24) is 0 Å². The maximum absolute atomic E-state index is 12.3. The minimum Gasteiger partial charge on any atom is -0.273 e. The number of para-hydroxylation sites is 1. The van der Waals surface area contributed by atoms with Crippen molar-refractivity contribution >= 4 is 34.7 Å². The lowest BCUT2D eigenvalue weighted by Gasteiger charge is -2.20. The molecule has 0 unspecified atom stereocenters. The summed E-state index contributed by atoms with van der Waals surface area (Å²) in [4.78, 5) is 14.0. The second-order valence-electron chi connectivity index (χ2n) is 5.39. The van der Waals surface area contributed by atoms with Gasteiger partial charge in [-0.15, -0.1) is 5.10 Å². The number of amides is 1. The molecule has 0 spiro atoms. The van der Waals surface area contributed by atoms with Gasteiger partial charge in [-0.3, -0.25) is 9.69 Å². The minimum atomic E-state index is 0.0507. The zero-order valence-corrected chi connectivity index (χ0v) is 14.2. The molecule has 1 aliphatic heterocycles. The van der Waals surface area contributed by atoms with Crippen LogP contribution in [0.5, 0.6) is 0 Å². The fraction of sp³-hybridized carbons (Fsp3) is 0.353. The highest BCUT2D eigenvalue weighted by Gasteiger charge is 2.31. The number of nitrogens with zero attached hydrogens (tertiary/aromatic N) is 3. The van der Waals surface area contributed by atoms with Crippen LogP contribution in [-0.4, -0.2) is 23.0 Å². The monoisotopic (exact) mass is 315 g/mol. The van der Waals surface area contributed by atoms with Gasteiger partial charge in [0.15, 0.2) is 5.17 Å². The van der Waals surface area contributed by atoms with E-state index in [-0.39, 0.29) is 5.91 Å². The number of carbonyl (C=O) groups excluding carboxylic acids is 1. The highest BCUT2D eigenvalue weighted by atomic mass is 32.2. The molecule has 0 aromatic heterocycles. The maximum Gasteiger partial charge on any atom is 0.243 e. The van der Waals surface area contributed by atoms with Crippen molar-refractivity contribution in [2.75, 3.05) is 10.7 Å². The molecule has 0 radical (unpaired) electrons. The Balaban J connectivity index is 2.37. The van der Waals surface area contributed by atoms with Crippen molar-refractivity contribution in [3.05, 3.63) is 41.5 Å². The largest absolute Gasteiger partial charge is 0.273 e. The Bertz CT molecular complexity index is 647. The number of anilines is 1. The van der Waals surface area contributed by atoms with Crippen LogP contribution in [-0.2, 0) is 4.79 Å². The van der Waals surface area contributed by atoms with E-state index >= 15 is 0 Å². The number of thioether (sulfide) groups is 1. The summed E-state index contributed by atoms with van der Waals surface area (Å²) in [5, 5.41) is 8.96. The molecule has 116 valence electrons. The molecule has 22 heavy (non-hydrogen) atoms. The Labute approximate surface area is 136 Å². The van der Waals surface area contributed by atoms with Gasteiger partial charge in [0, 0.05) is 0 Å². The molecule has 1 aliphatic rings. The summed E-state index contributed by atoms with van der Waals surface area (Å²) in [6, 6.07) is 7.97. The molecular formula is C17H21N3OS. The quantitative estimate of drug-likeness (QED) is 0.617. The smallest absolute Gasteiger partial charge is 0.243 e. The number of rotatable bonds is 4. The van der Waals surface area contributed by atoms with E-state index in [4.69, 9.17) is 0 Å². The van der Waals surface area contributed by atoms with E-state index in [1.165, 1.54) is 11.8 Å². The number of benzene rings is 1. The molecule has 5 heteroatoms. The number of carbonyl (C=O) groups is 1. The third kappa shape index (κ3) is 3.65. The van der Waals surface area contributed by atoms with E-state index in [1.807, 2.05) is 38.1 Å². The van der Waals surface area contributed by atoms with Crippen LogP contribution in [0.25, 0.3) is 0 Å². The van der Waals surface area contributed by atoms with E-state index in [9.17, 15) is 4.79 Å². The molecule has 0 N–H and O–H groups in total. The Kier molecular flexibility index (Phi) is 5.55. The van der Waals surface area contributed by atoms with Gasteiger partial charge in [-0.05, 0) is 37.0 Å². The molecule has 1 heterocycles. The van der Waals surface area contributed by atoms with Crippen LogP contribution < -0.4 is 4.90 Å². The van der Waals surface area contributed by atoms with E-state index < -0.39 is 0 Å². The molecule has 0 saturated carbocycles. The fourth-order valence-corrected chi connectivity index (χ4v) is 2.91. The van der Waals surface area contributed by atoms with Gasteiger partial charge in [0.05, 0.1) is 17.7 Å². The van der Waals surface area contributed by atoms with Gasteiger partial charge in [-0.25, -0.2) is 0 Å². The number of hydrogen-bond acceptors (Lipinski definition) is 4. The van der Waals surface area contributed by atoms with Gasteiger partial charge in [-0.1, -0.05) is 49.9 Å². The Hall–Kier alpha value is -1.88. The van der Waals surface area contributed by atoms with Crippen LogP contribution in [0.15, 0.2) is 46.1 Å². The highest BCUT2D eigenvalue weighted by Crippen LogP contribution is 2.33. The van der Waals surface area contributed by atoms with Crippen LogP contribution in [0.2, 0.25) is 0 Å². The average molecular weight is 315 g/mol. The van der Waals surface area contributed by atoms with Crippen molar-refractivity contribution < 1.29 is 4.79 Å². The van der Waals surface area contributed by atoms with Gasteiger partial charge < -0.3 is 0 Å². The SMILES string of the molecule is C\C=C(C)/C=N/N=C1\SCC(=O)N1c1ccccc1C(C)C. The first-order valence-electron chi connectivity index (χ1n) is 7.33. The molecule has 4 nitrogen and oxygen atoms in total. The molecule has 1 saturated heterocycles. The lowest BCUT2D eigenvalue weighted by molar-refractivity contribution is -0.115. The van der Waals surface area contributed by atoms with E-state index in [2.05, 4.69) is 30.1 Å². The van der Waals surface area contributed by atoms with Crippen molar-refractivity contribution in [2.24, 2.45) is 10.2 Å². The summed E-state index contributed by atoms with van der Waals surface area (Å²) in [6.07, 6.45) is 3.66.